The van der Waals surface area contributed by atoms with Crippen LogP contribution in [0.5, 0.6) is 0 Å². The van der Waals surface area contributed by atoms with Crippen LogP contribution in [0.15, 0.2) is 12.5 Å². The fraction of sp³-hybridized carbons (Fsp3) is 0.364. The van der Waals surface area contributed by atoms with Crippen molar-refractivity contribution in [2.45, 2.75) is 19.8 Å². The van der Waals surface area contributed by atoms with Gasteiger partial charge in [0.25, 0.3) is 0 Å². The molecule has 0 aromatic carbocycles. The number of H-pyrrole nitrogens is 1. The first-order valence-electron chi connectivity index (χ1n) is 5.97. The van der Waals surface area contributed by atoms with Gasteiger partial charge < -0.3 is 5.32 Å². The van der Waals surface area contributed by atoms with Crippen LogP contribution in [0.25, 0.3) is 0 Å². The quantitative estimate of drug-likeness (QED) is 0.366. The number of halogens is 1. The van der Waals surface area contributed by atoms with Gasteiger partial charge in [-0.05, 0) is 25.3 Å². The fourth-order valence-corrected chi connectivity index (χ4v) is 1.96. The number of hydrogen-bond acceptors (Lipinski definition) is 6. The Morgan fingerprint density at radius 2 is 2.30 bits per heavy atom. The van der Waals surface area contributed by atoms with Gasteiger partial charge in [0.15, 0.2) is 0 Å². The first-order chi connectivity index (χ1) is 9.59. The van der Waals surface area contributed by atoms with Crippen molar-refractivity contribution in [3.05, 3.63) is 39.0 Å². The molecule has 2 aromatic heterocycles. The Morgan fingerprint density at radius 3 is 2.95 bits per heavy atom. The van der Waals surface area contributed by atoms with Crippen LogP contribution in [-0.2, 0) is 6.42 Å². The molecular formula is C11H13ClN6O2. The van der Waals surface area contributed by atoms with Gasteiger partial charge in [-0.3, -0.25) is 15.2 Å². The van der Waals surface area contributed by atoms with E-state index < -0.39 is 4.92 Å². The molecule has 8 nitrogen and oxygen atoms in total. The monoisotopic (exact) mass is 296 g/mol. The minimum absolute atomic E-state index is 0.138. The highest BCUT2D eigenvalue weighted by Crippen LogP contribution is 2.28. The van der Waals surface area contributed by atoms with E-state index >= 15 is 0 Å². The second-order valence-electron chi connectivity index (χ2n) is 4.17. The number of aryl methyl sites for hydroxylation is 2. The molecule has 2 rings (SSSR count). The Labute approximate surface area is 119 Å². The summed E-state index contributed by atoms with van der Waals surface area (Å²) >= 11 is 5.69. The van der Waals surface area contributed by atoms with Gasteiger partial charge in [-0.25, -0.2) is 9.97 Å². The van der Waals surface area contributed by atoms with Crippen molar-refractivity contribution in [1.82, 2.24) is 20.2 Å². The Balaban J connectivity index is 1.93. The van der Waals surface area contributed by atoms with Crippen LogP contribution in [0.3, 0.4) is 0 Å². The van der Waals surface area contributed by atoms with Gasteiger partial charge in [-0.2, -0.15) is 5.10 Å². The normalized spacial score (nSPS) is 10.5. The molecule has 106 valence electrons. The lowest BCUT2D eigenvalue weighted by molar-refractivity contribution is -0.384. The molecule has 0 amide bonds. The van der Waals surface area contributed by atoms with E-state index in [1.165, 1.54) is 6.33 Å². The Hall–Kier alpha value is -2.22. The summed E-state index contributed by atoms with van der Waals surface area (Å²) in [4.78, 5) is 17.8. The molecule has 0 bridgehead atoms. The maximum absolute atomic E-state index is 10.9. The van der Waals surface area contributed by atoms with Crippen molar-refractivity contribution in [2.75, 3.05) is 11.9 Å². The summed E-state index contributed by atoms with van der Waals surface area (Å²) in [6.07, 6.45) is 4.58. The third kappa shape index (κ3) is 3.21. The van der Waals surface area contributed by atoms with Gasteiger partial charge in [0.05, 0.1) is 11.1 Å². The minimum Gasteiger partial charge on any atom is -0.364 e. The Kier molecular flexibility index (Phi) is 4.46. The molecule has 0 atom stereocenters. The second kappa shape index (κ2) is 6.29. The van der Waals surface area contributed by atoms with E-state index in [0.717, 1.165) is 24.1 Å². The van der Waals surface area contributed by atoms with E-state index in [2.05, 4.69) is 25.5 Å². The highest BCUT2D eigenvalue weighted by Gasteiger charge is 2.20. The zero-order valence-corrected chi connectivity index (χ0v) is 11.5. The average molecular weight is 297 g/mol. The van der Waals surface area contributed by atoms with E-state index in [-0.39, 0.29) is 16.7 Å². The zero-order valence-electron chi connectivity index (χ0n) is 10.8. The van der Waals surface area contributed by atoms with Gasteiger partial charge in [0.2, 0.25) is 11.0 Å². The van der Waals surface area contributed by atoms with Crippen LogP contribution in [0, 0.1) is 17.0 Å². The van der Waals surface area contributed by atoms with E-state index in [4.69, 9.17) is 11.6 Å². The molecule has 0 saturated heterocycles. The minimum atomic E-state index is -0.592. The Morgan fingerprint density at radius 1 is 1.50 bits per heavy atom. The highest BCUT2D eigenvalue weighted by molar-refractivity contribution is 6.31. The van der Waals surface area contributed by atoms with Crippen LogP contribution in [-0.4, -0.2) is 31.6 Å². The predicted octanol–water partition coefficient (Wildman–Crippen LogP) is 2.11. The molecule has 9 heteroatoms. The largest absolute Gasteiger partial charge is 0.364 e. The van der Waals surface area contributed by atoms with Gasteiger partial charge in [0, 0.05) is 12.2 Å². The molecule has 20 heavy (non-hydrogen) atoms. The summed E-state index contributed by atoms with van der Waals surface area (Å²) in [5.74, 6) is 0.138. The first kappa shape index (κ1) is 14.2. The molecule has 0 unspecified atom stereocenters. The number of nitrogens with one attached hydrogen (secondary N) is 2. The molecule has 0 spiro atoms. The number of rotatable bonds is 6. The number of nitrogens with zero attached hydrogens (tertiary/aromatic N) is 4. The van der Waals surface area contributed by atoms with Crippen molar-refractivity contribution in [2.24, 2.45) is 0 Å². The lowest BCUT2D eigenvalue weighted by Gasteiger charge is -2.06. The zero-order chi connectivity index (χ0) is 14.5. The second-order valence-corrected chi connectivity index (χ2v) is 4.53. The summed E-state index contributed by atoms with van der Waals surface area (Å²) in [5.41, 5.74) is 1.86. The van der Waals surface area contributed by atoms with Gasteiger partial charge in [-0.1, -0.05) is 11.6 Å². The topological polar surface area (TPSA) is 110 Å². The van der Waals surface area contributed by atoms with Crippen molar-refractivity contribution >= 4 is 23.1 Å². The van der Waals surface area contributed by atoms with Crippen LogP contribution >= 0.6 is 11.6 Å². The van der Waals surface area contributed by atoms with Gasteiger partial charge in [0.1, 0.15) is 6.33 Å². The SMILES string of the molecule is Cc1[nH]ncc1CCCNc1ncnc(Cl)c1[N+](=O)[O-]. The van der Waals surface area contributed by atoms with E-state index in [1.54, 1.807) is 6.20 Å². The van der Waals surface area contributed by atoms with Gasteiger partial charge >= 0.3 is 5.69 Å². The first-order valence-corrected chi connectivity index (χ1v) is 6.35. The van der Waals surface area contributed by atoms with E-state index in [9.17, 15) is 10.1 Å². The standard InChI is InChI=1S/C11H13ClN6O2/c1-7-8(5-16-17-7)3-2-4-13-11-9(18(19)20)10(12)14-6-15-11/h5-6H,2-4H2,1H3,(H,16,17)(H,13,14,15). The van der Waals surface area contributed by atoms with Crippen molar-refractivity contribution < 1.29 is 4.92 Å². The molecule has 2 N–H and O–H groups in total. The maximum Gasteiger partial charge on any atom is 0.348 e. The lowest BCUT2D eigenvalue weighted by atomic mass is 10.1. The van der Waals surface area contributed by atoms with Crippen LogP contribution in [0.4, 0.5) is 11.5 Å². The molecule has 0 aliphatic carbocycles. The fourth-order valence-electron chi connectivity index (χ4n) is 1.76. The van der Waals surface area contributed by atoms with Crippen LogP contribution in [0.1, 0.15) is 17.7 Å². The van der Waals surface area contributed by atoms with Crippen LogP contribution in [0.2, 0.25) is 5.15 Å². The maximum atomic E-state index is 10.9. The summed E-state index contributed by atoms with van der Waals surface area (Å²) < 4.78 is 0. The van der Waals surface area contributed by atoms with Crippen molar-refractivity contribution in [1.29, 1.82) is 0 Å². The molecule has 2 heterocycles. The van der Waals surface area contributed by atoms with Crippen LogP contribution < -0.4 is 5.32 Å². The molecule has 0 radical (unpaired) electrons. The summed E-state index contributed by atoms with van der Waals surface area (Å²) in [6, 6.07) is 0. The molecule has 2 aromatic rings. The number of hydrogen-bond donors (Lipinski definition) is 2. The number of nitro groups is 1. The highest BCUT2D eigenvalue weighted by atomic mass is 35.5. The summed E-state index contributed by atoms with van der Waals surface area (Å²) in [7, 11) is 0. The lowest BCUT2D eigenvalue weighted by Crippen LogP contribution is -2.08. The summed E-state index contributed by atoms with van der Waals surface area (Å²) in [6.45, 7) is 2.49. The third-order valence-electron chi connectivity index (χ3n) is 2.81. The summed E-state index contributed by atoms with van der Waals surface area (Å²) in [5, 5.41) is 20.4. The number of aromatic amines is 1. The molecule has 0 saturated carbocycles. The molecule has 0 fully saturated rings. The number of aromatic nitrogens is 4. The van der Waals surface area contributed by atoms with Crippen molar-refractivity contribution in [3.8, 4) is 0 Å². The molecule has 0 aliphatic rings. The smallest absolute Gasteiger partial charge is 0.348 e. The van der Waals surface area contributed by atoms with E-state index in [0.29, 0.717) is 6.54 Å². The van der Waals surface area contributed by atoms with Crippen molar-refractivity contribution in [3.63, 3.8) is 0 Å². The molecular weight excluding hydrogens is 284 g/mol. The number of anilines is 1. The average Bonchev–Trinajstić information content (AvgIpc) is 2.80. The van der Waals surface area contributed by atoms with E-state index in [1.807, 2.05) is 6.92 Å². The molecule has 0 aliphatic heterocycles. The third-order valence-corrected chi connectivity index (χ3v) is 3.09. The predicted molar refractivity (Wildman–Crippen MR) is 73.8 cm³/mol. The van der Waals surface area contributed by atoms with Gasteiger partial charge in [-0.15, -0.1) is 0 Å². The Bertz CT molecular complexity index is 615.